The molecular formula is C19H17N3O. The Morgan fingerprint density at radius 1 is 0.957 bits per heavy atom. The van der Waals surface area contributed by atoms with Crippen molar-refractivity contribution < 1.29 is 4.79 Å². The molecule has 0 unspecified atom stereocenters. The molecular weight excluding hydrogens is 286 g/mol. The summed E-state index contributed by atoms with van der Waals surface area (Å²) in [6, 6.07) is 19.1. The minimum absolute atomic E-state index is 0.0298. The van der Waals surface area contributed by atoms with Gasteiger partial charge in [0.05, 0.1) is 0 Å². The van der Waals surface area contributed by atoms with Crippen molar-refractivity contribution in [3.05, 3.63) is 71.9 Å². The molecule has 1 heterocycles. The molecule has 114 valence electrons. The highest BCUT2D eigenvalue weighted by molar-refractivity contribution is 5.95. The number of para-hydroxylation sites is 1. The van der Waals surface area contributed by atoms with Crippen molar-refractivity contribution in [3.8, 4) is 11.4 Å². The van der Waals surface area contributed by atoms with E-state index in [1.54, 1.807) is 13.0 Å². The minimum atomic E-state index is 0.0298. The molecule has 3 aromatic rings. The van der Waals surface area contributed by atoms with E-state index in [1.807, 2.05) is 61.5 Å². The monoisotopic (exact) mass is 303 g/mol. The molecule has 0 bridgehead atoms. The van der Waals surface area contributed by atoms with Crippen LogP contribution in [0.1, 0.15) is 23.0 Å². The number of nitrogens with zero attached hydrogens (tertiary/aromatic N) is 2. The molecule has 0 saturated heterocycles. The van der Waals surface area contributed by atoms with Crippen molar-refractivity contribution in [2.24, 2.45) is 0 Å². The largest absolute Gasteiger partial charge is 0.340 e. The maximum absolute atomic E-state index is 11.6. The van der Waals surface area contributed by atoms with Crippen LogP contribution >= 0.6 is 0 Å². The van der Waals surface area contributed by atoms with Crippen molar-refractivity contribution in [3.63, 3.8) is 0 Å². The van der Waals surface area contributed by atoms with E-state index >= 15 is 0 Å². The first-order chi connectivity index (χ1) is 11.1. The van der Waals surface area contributed by atoms with Crippen LogP contribution < -0.4 is 5.32 Å². The molecule has 1 aromatic heterocycles. The number of rotatable bonds is 4. The van der Waals surface area contributed by atoms with Gasteiger partial charge in [-0.15, -0.1) is 0 Å². The van der Waals surface area contributed by atoms with Gasteiger partial charge in [-0.25, -0.2) is 9.97 Å². The molecule has 4 heteroatoms. The standard InChI is InChI=1S/C19H17N3O/c1-13-11-18(21-17-9-4-3-5-10-17)22-19(20-13)16-8-6-7-15(12-16)14(2)23/h3-12H,1-2H3,(H,20,21,22). The predicted octanol–water partition coefficient (Wildman–Crippen LogP) is 4.40. The van der Waals surface area contributed by atoms with Crippen LogP contribution in [0.4, 0.5) is 11.5 Å². The Bertz CT molecular complexity index is 844. The third kappa shape index (κ3) is 3.61. The van der Waals surface area contributed by atoms with E-state index < -0.39 is 0 Å². The van der Waals surface area contributed by atoms with Crippen LogP contribution in [0.25, 0.3) is 11.4 Å². The minimum Gasteiger partial charge on any atom is -0.340 e. The Hall–Kier alpha value is -3.01. The molecule has 4 nitrogen and oxygen atoms in total. The Balaban J connectivity index is 1.97. The maximum atomic E-state index is 11.6. The quantitative estimate of drug-likeness (QED) is 0.726. The lowest BCUT2D eigenvalue weighted by molar-refractivity contribution is 0.101. The first-order valence-corrected chi connectivity index (χ1v) is 7.41. The average molecular weight is 303 g/mol. The number of nitrogens with one attached hydrogen (secondary N) is 1. The van der Waals surface area contributed by atoms with Crippen molar-refractivity contribution in [2.45, 2.75) is 13.8 Å². The Kier molecular flexibility index (Phi) is 4.15. The van der Waals surface area contributed by atoms with Crippen LogP contribution in [-0.4, -0.2) is 15.8 Å². The molecule has 23 heavy (non-hydrogen) atoms. The zero-order valence-electron chi connectivity index (χ0n) is 13.1. The number of Topliss-reactive ketones (excluding diaryl/α,β-unsaturated/α-hetero) is 1. The lowest BCUT2D eigenvalue weighted by atomic mass is 10.1. The molecule has 0 spiro atoms. The van der Waals surface area contributed by atoms with Crippen molar-refractivity contribution in [1.82, 2.24) is 9.97 Å². The van der Waals surface area contributed by atoms with Crippen molar-refractivity contribution in [2.75, 3.05) is 5.32 Å². The fourth-order valence-corrected chi connectivity index (χ4v) is 2.31. The first kappa shape index (κ1) is 14.9. The summed E-state index contributed by atoms with van der Waals surface area (Å²) in [4.78, 5) is 20.6. The molecule has 0 aliphatic rings. The van der Waals surface area contributed by atoms with E-state index in [-0.39, 0.29) is 5.78 Å². The van der Waals surface area contributed by atoms with Crippen LogP contribution in [0, 0.1) is 6.92 Å². The number of ketones is 1. The Morgan fingerprint density at radius 2 is 1.74 bits per heavy atom. The highest BCUT2D eigenvalue weighted by atomic mass is 16.1. The summed E-state index contributed by atoms with van der Waals surface area (Å²) in [5, 5.41) is 3.27. The number of aryl methyl sites for hydroxylation is 1. The zero-order chi connectivity index (χ0) is 16.2. The smallest absolute Gasteiger partial charge is 0.161 e. The van der Waals surface area contributed by atoms with Gasteiger partial charge in [0.2, 0.25) is 0 Å². The Morgan fingerprint density at radius 3 is 2.48 bits per heavy atom. The van der Waals surface area contributed by atoms with Gasteiger partial charge < -0.3 is 5.32 Å². The summed E-state index contributed by atoms with van der Waals surface area (Å²) < 4.78 is 0. The second kappa shape index (κ2) is 6.40. The number of hydrogen-bond donors (Lipinski definition) is 1. The third-order valence-electron chi connectivity index (χ3n) is 3.43. The van der Waals surface area contributed by atoms with E-state index in [4.69, 9.17) is 0 Å². The van der Waals surface area contributed by atoms with Crippen molar-refractivity contribution >= 4 is 17.3 Å². The van der Waals surface area contributed by atoms with Crippen LogP contribution in [0.15, 0.2) is 60.7 Å². The fraction of sp³-hybridized carbons (Fsp3) is 0.105. The van der Waals surface area contributed by atoms with Crippen LogP contribution in [0.5, 0.6) is 0 Å². The number of hydrogen-bond acceptors (Lipinski definition) is 4. The van der Waals surface area contributed by atoms with Crippen molar-refractivity contribution in [1.29, 1.82) is 0 Å². The van der Waals surface area contributed by atoms with Gasteiger partial charge >= 0.3 is 0 Å². The van der Waals surface area contributed by atoms with Gasteiger partial charge in [-0.1, -0.05) is 36.4 Å². The van der Waals surface area contributed by atoms with E-state index in [9.17, 15) is 4.79 Å². The molecule has 0 radical (unpaired) electrons. The van der Waals surface area contributed by atoms with Gasteiger partial charge in [-0.3, -0.25) is 4.79 Å². The number of aromatic nitrogens is 2. The van der Waals surface area contributed by atoms with E-state index in [2.05, 4.69) is 15.3 Å². The maximum Gasteiger partial charge on any atom is 0.161 e. The highest BCUT2D eigenvalue weighted by Gasteiger charge is 2.08. The predicted molar refractivity (Wildman–Crippen MR) is 91.9 cm³/mol. The van der Waals surface area contributed by atoms with Gasteiger partial charge in [0, 0.05) is 28.6 Å². The summed E-state index contributed by atoms with van der Waals surface area (Å²) in [7, 11) is 0. The van der Waals surface area contributed by atoms with Gasteiger partial charge in [0.15, 0.2) is 11.6 Å². The second-order valence-electron chi connectivity index (χ2n) is 5.35. The molecule has 0 saturated carbocycles. The number of anilines is 2. The first-order valence-electron chi connectivity index (χ1n) is 7.41. The van der Waals surface area contributed by atoms with E-state index in [0.29, 0.717) is 11.4 Å². The number of benzene rings is 2. The summed E-state index contributed by atoms with van der Waals surface area (Å²) >= 11 is 0. The summed E-state index contributed by atoms with van der Waals surface area (Å²) in [5.74, 6) is 1.36. The normalized spacial score (nSPS) is 10.3. The molecule has 0 amide bonds. The molecule has 3 rings (SSSR count). The van der Waals surface area contributed by atoms with Crippen LogP contribution in [0.3, 0.4) is 0 Å². The molecule has 1 N–H and O–H groups in total. The molecule has 0 atom stereocenters. The van der Waals surface area contributed by atoms with Gasteiger partial charge in [0.1, 0.15) is 5.82 Å². The van der Waals surface area contributed by atoms with Gasteiger partial charge in [-0.05, 0) is 32.0 Å². The summed E-state index contributed by atoms with van der Waals surface area (Å²) in [5.41, 5.74) is 3.32. The fourth-order valence-electron chi connectivity index (χ4n) is 2.31. The van der Waals surface area contributed by atoms with Crippen LogP contribution in [0.2, 0.25) is 0 Å². The van der Waals surface area contributed by atoms with Crippen LogP contribution in [-0.2, 0) is 0 Å². The van der Waals surface area contributed by atoms with E-state index in [1.165, 1.54) is 0 Å². The third-order valence-corrected chi connectivity index (χ3v) is 3.43. The highest BCUT2D eigenvalue weighted by Crippen LogP contribution is 2.21. The van der Waals surface area contributed by atoms with E-state index in [0.717, 1.165) is 22.8 Å². The SMILES string of the molecule is CC(=O)c1cccc(-c2nc(C)cc(Nc3ccccc3)n2)c1. The van der Waals surface area contributed by atoms with Gasteiger partial charge in [-0.2, -0.15) is 0 Å². The molecule has 0 aliphatic carbocycles. The lowest BCUT2D eigenvalue weighted by Crippen LogP contribution is -2.00. The topological polar surface area (TPSA) is 54.9 Å². The summed E-state index contributed by atoms with van der Waals surface area (Å²) in [6.07, 6.45) is 0. The Labute approximate surface area is 135 Å². The molecule has 0 fully saturated rings. The van der Waals surface area contributed by atoms with Gasteiger partial charge in [0.25, 0.3) is 0 Å². The summed E-state index contributed by atoms with van der Waals surface area (Å²) in [6.45, 7) is 3.48. The number of carbonyl (C=O) groups excluding carboxylic acids is 1. The average Bonchev–Trinajstić information content (AvgIpc) is 2.55. The second-order valence-corrected chi connectivity index (χ2v) is 5.35. The molecule has 2 aromatic carbocycles. The number of carbonyl (C=O) groups is 1. The lowest BCUT2D eigenvalue weighted by Gasteiger charge is -2.09. The zero-order valence-corrected chi connectivity index (χ0v) is 13.1. The molecule has 0 aliphatic heterocycles.